The Morgan fingerprint density at radius 1 is 1.24 bits per heavy atom. The molecule has 1 saturated carbocycles. The maximum Gasteiger partial charge on any atom is 0.175 e. The molecule has 5 heteroatoms. The number of fused-ring (bicyclic) bond motifs is 1. The van der Waals surface area contributed by atoms with E-state index >= 15 is 0 Å². The molecule has 0 spiro atoms. The Kier molecular flexibility index (Phi) is 5.02. The third-order valence-corrected chi connectivity index (χ3v) is 6.34. The van der Waals surface area contributed by atoms with Crippen molar-refractivity contribution in [3.8, 4) is 11.5 Å². The Morgan fingerprint density at radius 3 is 2.76 bits per heavy atom. The summed E-state index contributed by atoms with van der Waals surface area (Å²) in [7, 11) is 0. The standard InChI is InChI=1S/C16H22BrNO2S/c1-21-16(4-2-5-16)11-18-10-12-8-13(17)15-14(9-12)19-6-3-7-20-15/h8-9,18H,2-7,10-11H2,1H3. The fourth-order valence-corrected chi connectivity index (χ4v) is 4.39. The molecule has 0 saturated heterocycles. The van der Waals surface area contributed by atoms with Gasteiger partial charge in [-0.3, -0.25) is 0 Å². The Morgan fingerprint density at radius 2 is 2.05 bits per heavy atom. The second kappa shape index (κ2) is 6.80. The van der Waals surface area contributed by atoms with Crippen LogP contribution in [-0.4, -0.2) is 30.8 Å². The minimum absolute atomic E-state index is 0.475. The number of nitrogens with one attached hydrogen (secondary N) is 1. The van der Waals surface area contributed by atoms with Crippen LogP contribution in [0.5, 0.6) is 11.5 Å². The number of rotatable bonds is 5. The Hall–Kier alpha value is -0.390. The van der Waals surface area contributed by atoms with Crippen molar-refractivity contribution in [1.82, 2.24) is 5.32 Å². The number of hydrogen-bond acceptors (Lipinski definition) is 4. The number of thioether (sulfide) groups is 1. The normalized spacial score (nSPS) is 19.7. The molecule has 0 atom stereocenters. The highest BCUT2D eigenvalue weighted by molar-refractivity contribution is 9.10. The van der Waals surface area contributed by atoms with E-state index < -0.39 is 0 Å². The van der Waals surface area contributed by atoms with Crippen molar-refractivity contribution in [3.05, 3.63) is 22.2 Å². The van der Waals surface area contributed by atoms with Gasteiger partial charge in [0, 0.05) is 24.3 Å². The van der Waals surface area contributed by atoms with Gasteiger partial charge >= 0.3 is 0 Å². The molecule has 21 heavy (non-hydrogen) atoms. The van der Waals surface area contributed by atoms with Crippen LogP contribution in [0.1, 0.15) is 31.2 Å². The van der Waals surface area contributed by atoms with E-state index in [1.54, 1.807) is 0 Å². The molecule has 1 aliphatic heterocycles. The fraction of sp³-hybridized carbons (Fsp3) is 0.625. The average molecular weight is 372 g/mol. The van der Waals surface area contributed by atoms with Gasteiger partial charge < -0.3 is 14.8 Å². The van der Waals surface area contributed by atoms with Crippen molar-refractivity contribution in [3.63, 3.8) is 0 Å². The number of hydrogen-bond donors (Lipinski definition) is 1. The predicted molar refractivity (Wildman–Crippen MR) is 91.6 cm³/mol. The lowest BCUT2D eigenvalue weighted by molar-refractivity contribution is 0.296. The first-order chi connectivity index (χ1) is 10.2. The summed E-state index contributed by atoms with van der Waals surface area (Å²) in [5.74, 6) is 1.71. The Bertz CT molecular complexity index is 500. The molecule has 0 amide bonds. The van der Waals surface area contributed by atoms with Crippen molar-refractivity contribution >= 4 is 27.7 Å². The highest BCUT2D eigenvalue weighted by Crippen LogP contribution is 2.42. The molecule has 3 rings (SSSR count). The smallest absolute Gasteiger partial charge is 0.175 e. The number of benzene rings is 1. The first kappa shape index (κ1) is 15.5. The molecule has 116 valence electrons. The van der Waals surface area contributed by atoms with Gasteiger partial charge in [0.1, 0.15) is 0 Å². The van der Waals surface area contributed by atoms with Crippen LogP contribution in [-0.2, 0) is 6.54 Å². The highest BCUT2D eigenvalue weighted by atomic mass is 79.9. The van der Waals surface area contributed by atoms with Crippen LogP contribution < -0.4 is 14.8 Å². The van der Waals surface area contributed by atoms with Crippen molar-refractivity contribution in [2.24, 2.45) is 0 Å². The van der Waals surface area contributed by atoms with Crippen LogP contribution in [0.4, 0.5) is 0 Å². The van der Waals surface area contributed by atoms with E-state index in [0.29, 0.717) is 4.75 Å². The van der Waals surface area contributed by atoms with E-state index in [9.17, 15) is 0 Å². The summed E-state index contributed by atoms with van der Waals surface area (Å²) in [6.07, 6.45) is 7.21. The van der Waals surface area contributed by atoms with E-state index in [0.717, 1.165) is 48.7 Å². The van der Waals surface area contributed by atoms with E-state index in [1.807, 2.05) is 11.8 Å². The lowest BCUT2D eigenvalue weighted by atomic mass is 9.84. The van der Waals surface area contributed by atoms with Gasteiger partial charge in [-0.2, -0.15) is 11.8 Å². The molecule has 2 aliphatic rings. The van der Waals surface area contributed by atoms with Crippen LogP contribution in [0.15, 0.2) is 16.6 Å². The monoisotopic (exact) mass is 371 g/mol. The van der Waals surface area contributed by atoms with E-state index in [-0.39, 0.29) is 0 Å². The SMILES string of the molecule is CSC1(CNCc2cc(Br)c3c(c2)OCCCO3)CCC1. The van der Waals surface area contributed by atoms with Crippen molar-refractivity contribution in [2.75, 3.05) is 26.0 Å². The molecule has 0 radical (unpaired) electrons. The van der Waals surface area contributed by atoms with Gasteiger partial charge in [0.25, 0.3) is 0 Å². The zero-order chi connectivity index (χ0) is 14.7. The first-order valence-electron chi connectivity index (χ1n) is 7.56. The molecule has 1 N–H and O–H groups in total. The maximum atomic E-state index is 5.78. The average Bonchev–Trinajstić information content (AvgIpc) is 2.67. The number of ether oxygens (including phenoxy) is 2. The van der Waals surface area contributed by atoms with Crippen molar-refractivity contribution in [2.45, 2.75) is 37.0 Å². The van der Waals surface area contributed by atoms with E-state index in [2.05, 4.69) is 39.6 Å². The zero-order valence-corrected chi connectivity index (χ0v) is 14.8. The summed E-state index contributed by atoms with van der Waals surface area (Å²) in [6, 6.07) is 4.23. The Balaban J connectivity index is 1.63. The minimum atomic E-state index is 0.475. The molecular weight excluding hydrogens is 350 g/mol. The second-order valence-corrected chi connectivity index (χ2v) is 7.93. The van der Waals surface area contributed by atoms with Crippen LogP contribution >= 0.6 is 27.7 Å². The number of halogens is 1. The summed E-state index contributed by atoms with van der Waals surface area (Å²) in [4.78, 5) is 0. The van der Waals surface area contributed by atoms with Gasteiger partial charge in [0.15, 0.2) is 11.5 Å². The summed E-state index contributed by atoms with van der Waals surface area (Å²) in [5.41, 5.74) is 1.24. The van der Waals surface area contributed by atoms with Gasteiger partial charge in [0.2, 0.25) is 0 Å². The summed E-state index contributed by atoms with van der Waals surface area (Å²) in [5, 5.41) is 3.61. The quantitative estimate of drug-likeness (QED) is 0.847. The van der Waals surface area contributed by atoms with E-state index in [4.69, 9.17) is 9.47 Å². The zero-order valence-electron chi connectivity index (χ0n) is 12.4. The molecule has 1 aliphatic carbocycles. The highest BCUT2D eigenvalue weighted by Gasteiger charge is 2.35. The van der Waals surface area contributed by atoms with Crippen LogP contribution in [0.2, 0.25) is 0 Å². The molecule has 1 aromatic rings. The maximum absolute atomic E-state index is 5.78. The second-order valence-electron chi connectivity index (χ2n) is 5.80. The molecule has 3 nitrogen and oxygen atoms in total. The third-order valence-electron chi connectivity index (χ3n) is 4.34. The Labute approximate surface area is 139 Å². The molecule has 1 heterocycles. The van der Waals surface area contributed by atoms with Gasteiger partial charge in [-0.05, 0) is 52.7 Å². The minimum Gasteiger partial charge on any atom is -0.490 e. The third kappa shape index (κ3) is 3.51. The van der Waals surface area contributed by atoms with Crippen LogP contribution in [0.25, 0.3) is 0 Å². The summed E-state index contributed by atoms with van der Waals surface area (Å²) in [6.45, 7) is 3.41. The van der Waals surface area contributed by atoms with Gasteiger partial charge in [0.05, 0.1) is 17.7 Å². The van der Waals surface area contributed by atoms with Gasteiger partial charge in [-0.15, -0.1) is 0 Å². The summed E-state index contributed by atoms with van der Waals surface area (Å²) < 4.78 is 13.0. The van der Waals surface area contributed by atoms with Crippen molar-refractivity contribution < 1.29 is 9.47 Å². The van der Waals surface area contributed by atoms with Gasteiger partial charge in [-0.25, -0.2) is 0 Å². The lowest BCUT2D eigenvalue weighted by Crippen LogP contribution is -2.43. The van der Waals surface area contributed by atoms with Crippen LogP contribution in [0.3, 0.4) is 0 Å². The first-order valence-corrected chi connectivity index (χ1v) is 9.58. The molecule has 0 aromatic heterocycles. The lowest BCUT2D eigenvalue weighted by Gasteiger charge is -2.40. The van der Waals surface area contributed by atoms with Gasteiger partial charge in [-0.1, -0.05) is 6.42 Å². The van der Waals surface area contributed by atoms with E-state index in [1.165, 1.54) is 24.8 Å². The topological polar surface area (TPSA) is 30.5 Å². The predicted octanol–water partition coefficient (Wildman–Crippen LogP) is 3.99. The largest absolute Gasteiger partial charge is 0.490 e. The molecule has 1 fully saturated rings. The van der Waals surface area contributed by atoms with Crippen molar-refractivity contribution in [1.29, 1.82) is 0 Å². The molecule has 0 bridgehead atoms. The molecule has 0 unspecified atom stereocenters. The fourth-order valence-electron chi connectivity index (χ4n) is 2.85. The van der Waals surface area contributed by atoms with Crippen LogP contribution in [0, 0.1) is 0 Å². The summed E-state index contributed by atoms with van der Waals surface area (Å²) >= 11 is 5.61. The molecule has 1 aromatic carbocycles. The molecular formula is C16H22BrNO2S.